The number of anilines is 1. The number of hydrogen-bond acceptors (Lipinski definition) is 5. The fraction of sp³-hybridized carbons (Fsp3) is 0.444. The van der Waals surface area contributed by atoms with Crippen molar-refractivity contribution >= 4 is 12.0 Å². The minimum absolute atomic E-state index is 0.303. The monoisotopic (exact) mass is 362 g/mol. The molecule has 2 rings (SSSR count). The summed E-state index contributed by atoms with van der Waals surface area (Å²) in [6.45, 7) is 2.18. The number of aromatic nitrogens is 2. The van der Waals surface area contributed by atoms with Crippen molar-refractivity contribution in [3.63, 3.8) is 0 Å². The maximum absolute atomic E-state index is 12.1. The summed E-state index contributed by atoms with van der Waals surface area (Å²) >= 11 is 0. The number of nitrogens with one attached hydrogen (secondary N) is 2. The van der Waals surface area contributed by atoms with E-state index in [1.54, 1.807) is 27.5 Å². The second-order valence-electron chi connectivity index (χ2n) is 5.57. The highest BCUT2D eigenvalue weighted by Gasteiger charge is 2.14. The molecule has 0 saturated heterocycles. The molecule has 1 aromatic heterocycles. The standard InChI is InChI=1S/C18H26N4O4/c1-24-10-5-8-19-18(23)21-17-20-13-16(22(17)9-11-25-2)14-6-4-7-15(12-14)26-3/h4,6-7,12-13H,5,8-11H2,1-3H3,(H2,19,20,21,23). The van der Waals surface area contributed by atoms with E-state index in [9.17, 15) is 4.79 Å². The van der Waals surface area contributed by atoms with E-state index in [0.29, 0.717) is 32.3 Å². The van der Waals surface area contributed by atoms with Crippen LogP contribution in [0.5, 0.6) is 5.75 Å². The third-order valence-electron chi connectivity index (χ3n) is 3.78. The van der Waals surface area contributed by atoms with Crippen LogP contribution in [-0.4, -0.2) is 56.7 Å². The van der Waals surface area contributed by atoms with Crippen molar-refractivity contribution in [1.82, 2.24) is 14.9 Å². The molecule has 2 amide bonds. The zero-order valence-electron chi connectivity index (χ0n) is 15.4. The van der Waals surface area contributed by atoms with Crippen molar-refractivity contribution < 1.29 is 19.0 Å². The van der Waals surface area contributed by atoms with E-state index in [2.05, 4.69) is 15.6 Å². The number of imidazole rings is 1. The van der Waals surface area contributed by atoms with E-state index in [0.717, 1.165) is 23.4 Å². The molecular formula is C18H26N4O4. The molecule has 0 aliphatic rings. The van der Waals surface area contributed by atoms with Crippen LogP contribution in [0.2, 0.25) is 0 Å². The van der Waals surface area contributed by atoms with Crippen molar-refractivity contribution in [3.05, 3.63) is 30.5 Å². The molecule has 8 heteroatoms. The average molecular weight is 362 g/mol. The predicted molar refractivity (Wildman–Crippen MR) is 99.6 cm³/mol. The number of carbonyl (C=O) groups excluding carboxylic acids is 1. The van der Waals surface area contributed by atoms with Crippen LogP contribution in [0.4, 0.5) is 10.7 Å². The SMILES string of the molecule is COCCCNC(=O)Nc1ncc(-c2cccc(OC)c2)n1CCOC. The number of ether oxygens (including phenoxy) is 3. The van der Waals surface area contributed by atoms with Gasteiger partial charge < -0.3 is 24.1 Å². The minimum Gasteiger partial charge on any atom is -0.497 e. The Labute approximate surface area is 153 Å². The van der Waals surface area contributed by atoms with Crippen LogP contribution < -0.4 is 15.4 Å². The number of rotatable bonds is 10. The quantitative estimate of drug-likeness (QED) is 0.634. The molecule has 0 aliphatic heterocycles. The zero-order chi connectivity index (χ0) is 18.8. The second-order valence-corrected chi connectivity index (χ2v) is 5.57. The van der Waals surface area contributed by atoms with Gasteiger partial charge in [0.05, 0.1) is 25.6 Å². The molecule has 0 saturated carbocycles. The number of amides is 2. The van der Waals surface area contributed by atoms with E-state index >= 15 is 0 Å². The summed E-state index contributed by atoms with van der Waals surface area (Å²) in [5, 5.41) is 5.57. The molecule has 8 nitrogen and oxygen atoms in total. The van der Waals surface area contributed by atoms with Crippen LogP contribution in [0.25, 0.3) is 11.3 Å². The van der Waals surface area contributed by atoms with Gasteiger partial charge in [-0.3, -0.25) is 5.32 Å². The Morgan fingerprint density at radius 3 is 2.73 bits per heavy atom. The van der Waals surface area contributed by atoms with Crippen molar-refractivity contribution in [2.45, 2.75) is 13.0 Å². The summed E-state index contributed by atoms with van der Waals surface area (Å²) in [6.07, 6.45) is 2.47. The van der Waals surface area contributed by atoms with Crippen LogP contribution in [0.1, 0.15) is 6.42 Å². The number of benzene rings is 1. The highest BCUT2D eigenvalue weighted by molar-refractivity contribution is 5.88. The molecule has 1 heterocycles. The minimum atomic E-state index is -0.303. The summed E-state index contributed by atoms with van der Waals surface area (Å²) < 4.78 is 17.3. The lowest BCUT2D eigenvalue weighted by Crippen LogP contribution is -2.31. The largest absolute Gasteiger partial charge is 0.497 e. The van der Waals surface area contributed by atoms with E-state index in [1.807, 2.05) is 28.8 Å². The van der Waals surface area contributed by atoms with Gasteiger partial charge in [-0.1, -0.05) is 12.1 Å². The summed E-state index contributed by atoms with van der Waals surface area (Å²) in [5.41, 5.74) is 1.82. The van der Waals surface area contributed by atoms with E-state index in [1.165, 1.54) is 0 Å². The van der Waals surface area contributed by atoms with E-state index in [-0.39, 0.29) is 6.03 Å². The van der Waals surface area contributed by atoms with Crippen molar-refractivity contribution in [1.29, 1.82) is 0 Å². The third kappa shape index (κ3) is 5.47. The van der Waals surface area contributed by atoms with Crippen LogP contribution in [0.15, 0.2) is 30.5 Å². The normalized spacial score (nSPS) is 10.6. The number of nitrogens with zero attached hydrogens (tertiary/aromatic N) is 2. The second kappa shape index (κ2) is 10.4. The summed E-state index contributed by atoms with van der Waals surface area (Å²) in [5.74, 6) is 1.22. The molecule has 2 aromatic rings. The fourth-order valence-corrected chi connectivity index (χ4v) is 2.46. The van der Waals surface area contributed by atoms with Gasteiger partial charge >= 0.3 is 6.03 Å². The number of methoxy groups -OCH3 is 3. The molecule has 0 fully saturated rings. The van der Waals surface area contributed by atoms with Gasteiger partial charge in [0.25, 0.3) is 0 Å². The first-order valence-electron chi connectivity index (χ1n) is 8.42. The fourth-order valence-electron chi connectivity index (χ4n) is 2.46. The van der Waals surface area contributed by atoms with Crippen molar-refractivity contribution in [2.75, 3.05) is 46.4 Å². The molecule has 0 radical (unpaired) electrons. The van der Waals surface area contributed by atoms with Crippen molar-refractivity contribution in [2.24, 2.45) is 0 Å². The van der Waals surface area contributed by atoms with Gasteiger partial charge in [-0.15, -0.1) is 0 Å². The summed E-state index contributed by atoms with van der Waals surface area (Å²) in [6, 6.07) is 7.39. The molecule has 0 atom stereocenters. The van der Waals surface area contributed by atoms with Gasteiger partial charge in [0.15, 0.2) is 0 Å². The molecule has 2 N–H and O–H groups in total. The number of carbonyl (C=O) groups is 1. The van der Waals surface area contributed by atoms with Crippen LogP contribution in [-0.2, 0) is 16.0 Å². The van der Waals surface area contributed by atoms with Gasteiger partial charge in [0.1, 0.15) is 5.75 Å². The van der Waals surface area contributed by atoms with Crippen LogP contribution in [0, 0.1) is 0 Å². The lowest BCUT2D eigenvalue weighted by molar-refractivity contribution is 0.188. The Bertz CT molecular complexity index is 702. The first-order chi connectivity index (χ1) is 12.7. The molecule has 1 aromatic carbocycles. The Kier molecular flexibility index (Phi) is 7.91. The van der Waals surface area contributed by atoms with Gasteiger partial charge in [0, 0.05) is 39.5 Å². The predicted octanol–water partition coefficient (Wildman–Crippen LogP) is 2.36. The van der Waals surface area contributed by atoms with Gasteiger partial charge in [-0.05, 0) is 18.6 Å². The van der Waals surface area contributed by atoms with Crippen LogP contribution in [0.3, 0.4) is 0 Å². The average Bonchev–Trinajstić information content (AvgIpc) is 3.06. The molecule has 26 heavy (non-hydrogen) atoms. The Balaban J connectivity index is 2.16. The number of urea groups is 1. The van der Waals surface area contributed by atoms with Gasteiger partial charge in [0.2, 0.25) is 5.95 Å². The maximum Gasteiger partial charge on any atom is 0.321 e. The molecule has 0 bridgehead atoms. The third-order valence-corrected chi connectivity index (χ3v) is 3.78. The molecule has 142 valence electrons. The van der Waals surface area contributed by atoms with Crippen molar-refractivity contribution in [3.8, 4) is 17.0 Å². The zero-order valence-corrected chi connectivity index (χ0v) is 15.4. The Morgan fingerprint density at radius 2 is 2.00 bits per heavy atom. The number of hydrogen-bond donors (Lipinski definition) is 2. The molecule has 0 aliphatic carbocycles. The summed E-state index contributed by atoms with van der Waals surface area (Å²) in [4.78, 5) is 16.4. The smallest absolute Gasteiger partial charge is 0.321 e. The lowest BCUT2D eigenvalue weighted by atomic mass is 10.1. The van der Waals surface area contributed by atoms with Gasteiger partial charge in [-0.25, -0.2) is 9.78 Å². The van der Waals surface area contributed by atoms with Gasteiger partial charge in [-0.2, -0.15) is 0 Å². The Hall–Kier alpha value is -2.58. The Morgan fingerprint density at radius 1 is 1.19 bits per heavy atom. The molecular weight excluding hydrogens is 336 g/mol. The molecule has 0 unspecified atom stereocenters. The van der Waals surface area contributed by atoms with E-state index in [4.69, 9.17) is 14.2 Å². The summed E-state index contributed by atoms with van der Waals surface area (Å²) in [7, 11) is 4.90. The topological polar surface area (TPSA) is 86.6 Å². The highest BCUT2D eigenvalue weighted by atomic mass is 16.5. The maximum atomic E-state index is 12.1. The first-order valence-corrected chi connectivity index (χ1v) is 8.42. The molecule has 0 spiro atoms. The lowest BCUT2D eigenvalue weighted by Gasteiger charge is -2.13. The van der Waals surface area contributed by atoms with E-state index < -0.39 is 0 Å². The highest BCUT2D eigenvalue weighted by Crippen LogP contribution is 2.26. The van der Waals surface area contributed by atoms with Crippen LogP contribution >= 0.6 is 0 Å². The first kappa shape index (κ1) is 19.7.